The lowest BCUT2D eigenvalue weighted by Gasteiger charge is -2.15. The number of carbonyl (C=O) groups excluding carboxylic acids is 1. The summed E-state index contributed by atoms with van der Waals surface area (Å²) in [4.78, 5) is 12.1. The number of ether oxygens (including phenoxy) is 2. The Labute approximate surface area is 137 Å². The van der Waals surface area contributed by atoms with Crippen molar-refractivity contribution in [2.45, 2.75) is 26.2 Å². The molecule has 1 unspecified atom stereocenters. The molecule has 1 atom stereocenters. The van der Waals surface area contributed by atoms with E-state index in [0.29, 0.717) is 11.7 Å². The average Bonchev–Trinajstić information content (AvgIpc) is 2.60. The largest absolute Gasteiger partial charge is 0.497 e. The van der Waals surface area contributed by atoms with Gasteiger partial charge in [-0.25, -0.2) is 0 Å². The molecule has 2 rings (SSSR count). The van der Waals surface area contributed by atoms with Gasteiger partial charge in [0, 0.05) is 5.69 Å². The van der Waals surface area contributed by atoms with Crippen molar-refractivity contribution < 1.29 is 14.3 Å². The summed E-state index contributed by atoms with van der Waals surface area (Å²) in [6.07, 6.45) is 1.02. The third-order valence-electron chi connectivity index (χ3n) is 3.81. The topological polar surface area (TPSA) is 47.6 Å². The highest BCUT2D eigenvalue weighted by Crippen LogP contribution is 2.26. The molecule has 1 amide bonds. The highest BCUT2D eigenvalue weighted by atomic mass is 16.5. The van der Waals surface area contributed by atoms with Gasteiger partial charge in [-0.2, -0.15) is 0 Å². The standard InChI is InChI=1S/C19H23NO3/c1-4-14(2)17-7-5-6-8-18(17)20-19(21)13-23-16-11-9-15(22-3)10-12-16/h5-12,14H,4,13H2,1-3H3,(H,20,21). The van der Waals surface area contributed by atoms with Gasteiger partial charge in [-0.05, 0) is 48.2 Å². The van der Waals surface area contributed by atoms with Crippen molar-refractivity contribution in [3.63, 3.8) is 0 Å². The van der Waals surface area contributed by atoms with E-state index in [9.17, 15) is 4.79 Å². The molecule has 0 radical (unpaired) electrons. The number of carbonyl (C=O) groups is 1. The molecule has 0 spiro atoms. The van der Waals surface area contributed by atoms with Crippen LogP contribution in [0.5, 0.6) is 11.5 Å². The van der Waals surface area contributed by atoms with E-state index in [1.807, 2.05) is 24.3 Å². The minimum atomic E-state index is -0.170. The van der Waals surface area contributed by atoms with Gasteiger partial charge in [-0.3, -0.25) is 4.79 Å². The summed E-state index contributed by atoms with van der Waals surface area (Å²) < 4.78 is 10.6. The maximum atomic E-state index is 12.1. The van der Waals surface area contributed by atoms with Crippen LogP contribution in [0, 0.1) is 0 Å². The lowest BCUT2D eigenvalue weighted by molar-refractivity contribution is -0.118. The van der Waals surface area contributed by atoms with Gasteiger partial charge in [0.2, 0.25) is 0 Å². The molecular formula is C19H23NO3. The summed E-state index contributed by atoms with van der Waals surface area (Å²) in [7, 11) is 1.61. The quantitative estimate of drug-likeness (QED) is 0.832. The van der Waals surface area contributed by atoms with Crippen molar-refractivity contribution in [1.29, 1.82) is 0 Å². The number of para-hydroxylation sites is 1. The number of nitrogens with one attached hydrogen (secondary N) is 1. The molecule has 0 bridgehead atoms. The predicted octanol–water partition coefficient (Wildman–Crippen LogP) is 4.23. The fraction of sp³-hybridized carbons (Fsp3) is 0.316. The number of methoxy groups -OCH3 is 1. The Morgan fingerprint density at radius 2 is 1.74 bits per heavy atom. The lowest BCUT2D eigenvalue weighted by atomic mass is 9.97. The van der Waals surface area contributed by atoms with Crippen LogP contribution in [0.25, 0.3) is 0 Å². The molecule has 1 N–H and O–H groups in total. The molecule has 0 aliphatic rings. The third kappa shape index (κ3) is 4.74. The summed E-state index contributed by atoms with van der Waals surface area (Å²) in [5, 5.41) is 2.93. The Morgan fingerprint density at radius 3 is 2.39 bits per heavy atom. The third-order valence-corrected chi connectivity index (χ3v) is 3.81. The molecule has 4 nitrogen and oxygen atoms in total. The summed E-state index contributed by atoms with van der Waals surface area (Å²) >= 11 is 0. The van der Waals surface area contributed by atoms with E-state index < -0.39 is 0 Å². The van der Waals surface area contributed by atoms with Crippen LogP contribution in [0.3, 0.4) is 0 Å². The van der Waals surface area contributed by atoms with Crippen LogP contribution in [-0.2, 0) is 4.79 Å². The number of anilines is 1. The highest BCUT2D eigenvalue weighted by Gasteiger charge is 2.11. The summed E-state index contributed by atoms with van der Waals surface area (Å²) in [6.45, 7) is 4.26. The molecule has 0 aliphatic heterocycles. The lowest BCUT2D eigenvalue weighted by Crippen LogP contribution is -2.21. The van der Waals surface area contributed by atoms with Gasteiger partial charge in [0.15, 0.2) is 6.61 Å². The highest BCUT2D eigenvalue weighted by molar-refractivity contribution is 5.92. The Bertz CT molecular complexity index is 637. The van der Waals surface area contributed by atoms with E-state index in [4.69, 9.17) is 9.47 Å². The number of hydrogen-bond donors (Lipinski definition) is 1. The number of amides is 1. The molecule has 23 heavy (non-hydrogen) atoms. The van der Waals surface area contributed by atoms with E-state index in [1.54, 1.807) is 31.4 Å². The van der Waals surface area contributed by atoms with Crippen molar-refractivity contribution in [1.82, 2.24) is 0 Å². The Hall–Kier alpha value is -2.49. The van der Waals surface area contributed by atoms with E-state index in [-0.39, 0.29) is 12.5 Å². The maximum Gasteiger partial charge on any atom is 0.262 e. The van der Waals surface area contributed by atoms with Gasteiger partial charge in [0.25, 0.3) is 5.91 Å². The maximum absolute atomic E-state index is 12.1. The number of hydrogen-bond acceptors (Lipinski definition) is 3. The zero-order chi connectivity index (χ0) is 16.7. The van der Waals surface area contributed by atoms with Crippen LogP contribution in [0.2, 0.25) is 0 Å². The average molecular weight is 313 g/mol. The molecule has 0 saturated carbocycles. The molecule has 0 saturated heterocycles. The Kier molecular flexibility index (Phi) is 6.03. The zero-order valence-corrected chi connectivity index (χ0v) is 13.8. The van der Waals surface area contributed by atoms with E-state index in [0.717, 1.165) is 23.4 Å². The minimum Gasteiger partial charge on any atom is -0.497 e. The van der Waals surface area contributed by atoms with Crippen molar-refractivity contribution in [2.24, 2.45) is 0 Å². The monoisotopic (exact) mass is 313 g/mol. The van der Waals surface area contributed by atoms with Gasteiger partial charge in [0.05, 0.1) is 7.11 Å². The molecule has 2 aromatic rings. The smallest absolute Gasteiger partial charge is 0.262 e. The van der Waals surface area contributed by atoms with Crippen LogP contribution in [0.15, 0.2) is 48.5 Å². The fourth-order valence-corrected chi connectivity index (χ4v) is 2.27. The van der Waals surface area contributed by atoms with Gasteiger partial charge in [0.1, 0.15) is 11.5 Å². The SMILES string of the molecule is CCC(C)c1ccccc1NC(=O)COc1ccc(OC)cc1. The van der Waals surface area contributed by atoms with Crippen LogP contribution < -0.4 is 14.8 Å². The molecule has 0 aliphatic carbocycles. The Morgan fingerprint density at radius 1 is 1.09 bits per heavy atom. The first-order chi connectivity index (χ1) is 11.1. The minimum absolute atomic E-state index is 0.0266. The van der Waals surface area contributed by atoms with Gasteiger partial charge in [-0.15, -0.1) is 0 Å². The van der Waals surface area contributed by atoms with Crippen molar-refractivity contribution in [2.75, 3.05) is 19.0 Å². The first kappa shape index (κ1) is 16.9. The van der Waals surface area contributed by atoms with Crippen LogP contribution >= 0.6 is 0 Å². The molecular weight excluding hydrogens is 290 g/mol. The summed E-state index contributed by atoms with van der Waals surface area (Å²) in [6, 6.07) is 15.0. The molecule has 0 fully saturated rings. The second kappa shape index (κ2) is 8.22. The fourth-order valence-electron chi connectivity index (χ4n) is 2.27. The number of benzene rings is 2. The number of rotatable bonds is 7. The molecule has 0 heterocycles. The van der Waals surface area contributed by atoms with Crippen LogP contribution in [-0.4, -0.2) is 19.6 Å². The summed E-state index contributed by atoms with van der Waals surface area (Å²) in [5.41, 5.74) is 2.00. The van der Waals surface area contributed by atoms with Gasteiger partial charge >= 0.3 is 0 Å². The predicted molar refractivity (Wildman–Crippen MR) is 92.3 cm³/mol. The Balaban J connectivity index is 1.94. The molecule has 4 heteroatoms. The zero-order valence-electron chi connectivity index (χ0n) is 13.8. The van der Waals surface area contributed by atoms with Gasteiger partial charge in [-0.1, -0.05) is 32.0 Å². The normalized spacial score (nSPS) is 11.6. The first-order valence-corrected chi connectivity index (χ1v) is 7.79. The van der Waals surface area contributed by atoms with Crippen molar-refractivity contribution in [3.8, 4) is 11.5 Å². The van der Waals surface area contributed by atoms with Crippen molar-refractivity contribution in [3.05, 3.63) is 54.1 Å². The second-order valence-electron chi connectivity index (χ2n) is 5.41. The van der Waals surface area contributed by atoms with E-state index >= 15 is 0 Å². The first-order valence-electron chi connectivity index (χ1n) is 7.79. The van der Waals surface area contributed by atoms with Crippen LogP contribution in [0.4, 0.5) is 5.69 Å². The molecule has 2 aromatic carbocycles. The molecule has 0 aromatic heterocycles. The van der Waals surface area contributed by atoms with Crippen LogP contribution in [0.1, 0.15) is 31.7 Å². The van der Waals surface area contributed by atoms with E-state index in [1.165, 1.54) is 0 Å². The van der Waals surface area contributed by atoms with E-state index in [2.05, 4.69) is 19.2 Å². The second-order valence-corrected chi connectivity index (χ2v) is 5.41. The van der Waals surface area contributed by atoms with Gasteiger partial charge < -0.3 is 14.8 Å². The summed E-state index contributed by atoms with van der Waals surface area (Å²) in [5.74, 6) is 1.62. The van der Waals surface area contributed by atoms with Crippen molar-refractivity contribution >= 4 is 11.6 Å². The molecule has 122 valence electrons.